The molecule has 0 atom stereocenters. The lowest BCUT2D eigenvalue weighted by molar-refractivity contribution is 0.0844. The molecular weight excluding hydrogens is 410 g/mol. The molecule has 0 fully saturated rings. The topological polar surface area (TPSA) is 88.9 Å². The van der Waals surface area contributed by atoms with Crippen molar-refractivity contribution in [2.24, 2.45) is 0 Å². The van der Waals surface area contributed by atoms with Crippen LogP contribution in [0.15, 0.2) is 59.2 Å². The molecule has 7 nitrogen and oxygen atoms in total. The van der Waals surface area contributed by atoms with Crippen LogP contribution in [0.4, 0.5) is 0 Å². The van der Waals surface area contributed by atoms with Gasteiger partial charge in [0.15, 0.2) is 5.69 Å². The number of hydrogen-bond acceptors (Lipinski definition) is 4. The molecule has 25 heavy (non-hydrogen) atoms. The maximum Gasteiger partial charge on any atom is 0.291 e. The molecule has 0 unspecified atom stereocenters. The number of nitrogens with zero attached hydrogens (tertiary/aromatic N) is 3. The molecule has 9 heteroatoms. The van der Waals surface area contributed by atoms with Crippen LogP contribution in [-0.2, 0) is 0 Å². The second kappa shape index (κ2) is 7.45. The van der Waals surface area contributed by atoms with Gasteiger partial charge in [0.1, 0.15) is 0 Å². The van der Waals surface area contributed by atoms with Gasteiger partial charge in [0.25, 0.3) is 11.8 Å². The molecule has 1 aromatic heterocycles. The summed E-state index contributed by atoms with van der Waals surface area (Å²) in [6.45, 7) is 0. The second-order valence-corrected chi connectivity index (χ2v) is 6.30. The first-order chi connectivity index (χ1) is 12.0. The van der Waals surface area contributed by atoms with Crippen molar-refractivity contribution in [3.63, 3.8) is 0 Å². The van der Waals surface area contributed by atoms with E-state index < -0.39 is 11.8 Å². The molecule has 0 aliphatic heterocycles. The quantitative estimate of drug-likeness (QED) is 0.638. The fraction of sp³-hybridized carbons (Fsp3) is 0. The summed E-state index contributed by atoms with van der Waals surface area (Å²) in [4.78, 5) is 24.0. The average Bonchev–Trinajstić information content (AvgIpc) is 3.10. The van der Waals surface area contributed by atoms with E-state index >= 15 is 0 Å². The van der Waals surface area contributed by atoms with E-state index in [9.17, 15) is 9.59 Å². The molecule has 1 heterocycles. The van der Waals surface area contributed by atoms with Gasteiger partial charge in [-0.15, -0.1) is 5.10 Å². The van der Waals surface area contributed by atoms with Gasteiger partial charge in [0.05, 0.1) is 11.9 Å². The van der Waals surface area contributed by atoms with E-state index in [1.807, 2.05) is 24.3 Å². The SMILES string of the molecule is O=C(NNC(=O)c1cn(-c2cccc(Br)c2)nn1)c1ccc(Cl)cc1. The second-order valence-electron chi connectivity index (χ2n) is 4.94. The number of amides is 2. The fourth-order valence-electron chi connectivity index (χ4n) is 1.96. The molecule has 0 spiro atoms. The van der Waals surface area contributed by atoms with Crippen LogP contribution >= 0.6 is 27.5 Å². The lowest BCUT2D eigenvalue weighted by Crippen LogP contribution is -2.41. The minimum Gasteiger partial charge on any atom is -0.267 e. The third kappa shape index (κ3) is 4.23. The van der Waals surface area contributed by atoms with Gasteiger partial charge in [-0.3, -0.25) is 20.4 Å². The molecule has 3 rings (SSSR count). The van der Waals surface area contributed by atoms with E-state index in [-0.39, 0.29) is 5.69 Å². The Bertz CT molecular complexity index is 926. The molecule has 0 aliphatic rings. The lowest BCUT2D eigenvalue weighted by atomic mass is 10.2. The predicted molar refractivity (Wildman–Crippen MR) is 95.4 cm³/mol. The maximum absolute atomic E-state index is 12.1. The molecule has 2 amide bonds. The Morgan fingerprint density at radius 2 is 1.76 bits per heavy atom. The molecule has 2 N–H and O–H groups in total. The van der Waals surface area contributed by atoms with Crippen molar-refractivity contribution >= 4 is 39.3 Å². The van der Waals surface area contributed by atoms with Crippen LogP contribution in [0.1, 0.15) is 20.8 Å². The molecule has 2 aromatic carbocycles. The first-order valence-electron chi connectivity index (χ1n) is 7.07. The standard InChI is InChI=1S/C16H11BrClN5O2/c17-11-2-1-3-13(8-11)23-9-14(19-22-23)16(25)21-20-15(24)10-4-6-12(18)7-5-10/h1-9H,(H,20,24)(H,21,25). The number of halogens is 2. The predicted octanol–water partition coefficient (Wildman–Crippen LogP) is 2.76. The maximum atomic E-state index is 12.1. The number of rotatable bonds is 3. The van der Waals surface area contributed by atoms with Crippen molar-refractivity contribution < 1.29 is 9.59 Å². The summed E-state index contributed by atoms with van der Waals surface area (Å²) >= 11 is 9.13. The highest BCUT2D eigenvalue weighted by molar-refractivity contribution is 9.10. The number of hydrogen-bond donors (Lipinski definition) is 2. The van der Waals surface area contributed by atoms with E-state index in [1.165, 1.54) is 10.9 Å². The number of carbonyl (C=O) groups is 2. The Labute approximate surface area is 156 Å². The van der Waals surface area contributed by atoms with E-state index in [0.717, 1.165) is 10.2 Å². The number of benzene rings is 2. The Morgan fingerprint density at radius 1 is 1.04 bits per heavy atom. The molecule has 3 aromatic rings. The summed E-state index contributed by atoms with van der Waals surface area (Å²) in [6, 6.07) is 13.6. The van der Waals surface area contributed by atoms with Gasteiger partial charge in [-0.25, -0.2) is 4.68 Å². The van der Waals surface area contributed by atoms with Gasteiger partial charge in [0.2, 0.25) is 0 Å². The van der Waals surface area contributed by atoms with E-state index in [4.69, 9.17) is 11.6 Å². The molecule has 0 saturated heterocycles. The Morgan fingerprint density at radius 3 is 2.48 bits per heavy atom. The van der Waals surface area contributed by atoms with Crippen LogP contribution in [0.25, 0.3) is 5.69 Å². The molecule has 0 saturated carbocycles. The number of aromatic nitrogens is 3. The highest BCUT2D eigenvalue weighted by Gasteiger charge is 2.13. The van der Waals surface area contributed by atoms with Crippen LogP contribution < -0.4 is 10.9 Å². The summed E-state index contributed by atoms with van der Waals surface area (Å²) in [5.41, 5.74) is 5.77. The summed E-state index contributed by atoms with van der Waals surface area (Å²) in [6.07, 6.45) is 1.46. The van der Waals surface area contributed by atoms with Crippen LogP contribution in [-0.4, -0.2) is 26.8 Å². The molecule has 0 bridgehead atoms. The lowest BCUT2D eigenvalue weighted by Gasteiger charge is -2.05. The summed E-state index contributed by atoms with van der Waals surface area (Å²) in [5, 5.41) is 8.22. The average molecular weight is 421 g/mol. The van der Waals surface area contributed by atoms with E-state index in [0.29, 0.717) is 10.6 Å². The summed E-state index contributed by atoms with van der Waals surface area (Å²) in [7, 11) is 0. The third-order valence-electron chi connectivity index (χ3n) is 3.19. The molecule has 126 valence electrons. The van der Waals surface area contributed by atoms with Crippen LogP contribution in [0.5, 0.6) is 0 Å². The smallest absolute Gasteiger partial charge is 0.267 e. The first-order valence-corrected chi connectivity index (χ1v) is 8.24. The molecular formula is C16H11BrClN5O2. The fourth-order valence-corrected chi connectivity index (χ4v) is 2.48. The Hall–Kier alpha value is -2.71. The third-order valence-corrected chi connectivity index (χ3v) is 3.94. The zero-order valence-corrected chi connectivity index (χ0v) is 15.0. The minimum atomic E-state index is -0.580. The van der Waals surface area contributed by atoms with Gasteiger partial charge < -0.3 is 0 Å². The van der Waals surface area contributed by atoms with Crippen molar-refractivity contribution in [1.82, 2.24) is 25.8 Å². The van der Waals surface area contributed by atoms with Crippen molar-refractivity contribution in [3.8, 4) is 5.69 Å². The number of hydrazine groups is 1. The van der Waals surface area contributed by atoms with Crippen LogP contribution in [0.3, 0.4) is 0 Å². The van der Waals surface area contributed by atoms with Crippen molar-refractivity contribution in [2.75, 3.05) is 0 Å². The van der Waals surface area contributed by atoms with Gasteiger partial charge in [0, 0.05) is 15.1 Å². The van der Waals surface area contributed by atoms with E-state index in [1.54, 1.807) is 24.3 Å². The largest absolute Gasteiger partial charge is 0.291 e. The molecule has 0 radical (unpaired) electrons. The number of nitrogens with one attached hydrogen (secondary N) is 2. The van der Waals surface area contributed by atoms with Crippen LogP contribution in [0, 0.1) is 0 Å². The zero-order chi connectivity index (χ0) is 17.8. The van der Waals surface area contributed by atoms with Gasteiger partial charge in [-0.2, -0.15) is 0 Å². The highest BCUT2D eigenvalue weighted by Crippen LogP contribution is 2.14. The van der Waals surface area contributed by atoms with Gasteiger partial charge >= 0.3 is 0 Å². The van der Waals surface area contributed by atoms with Gasteiger partial charge in [-0.1, -0.05) is 38.8 Å². The number of carbonyl (C=O) groups excluding carboxylic acids is 2. The highest BCUT2D eigenvalue weighted by atomic mass is 79.9. The van der Waals surface area contributed by atoms with E-state index in [2.05, 4.69) is 37.1 Å². The summed E-state index contributed by atoms with van der Waals surface area (Å²) < 4.78 is 2.34. The first kappa shape index (κ1) is 17.1. The van der Waals surface area contributed by atoms with Crippen molar-refractivity contribution in [3.05, 3.63) is 75.5 Å². The normalized spacial score (nSPS) is 10.3. The van der Waals surface area contributed by atoms with Crippen molar-refractivity contribution in [1.29, 1.82) is 0 Å². The van der Waals surface area contributed by atoms with Crippen molar-refractivity contribution in [2.45, 2.75) is 0 Å². The zero-order valence-electron chi connectivity index (χ0n) is 12.6. The Kier molecular flexibility index (Phi) is 5.11. The minimum absolute atomic E-state index is 0.0661. The summed E-state index contributed by atoms with van der Waals surface area (Å²) in [5.74, 6) is -1.05. The van der Waals surface area contributed by atoms with Gasteiger partial charge in [-0.05, 0) is 42.5 Å². The molecule has 0 aliphatic carbocycles. The monoisotopic (exact) mass is 419 g/mol. The Balaban J connectivity index is 1.64. The van der Waals surface area contributed by atoms with Crippen LogP contribution in [0.2, 0.25) is 5.02 Å².